The third-order valence-corrected chi connectivity index (χ3v) is 4.08. The van der Waals surface area contributed by atoms with Crippen molar-refractivity contribution in [3.05, 3.63) is 47.5 Å². The highest BCUT2D eigenvalue weighted by molar-refractivity contribution is 6.31. The first-order valence-corrected chi connectivity index (χ1v) is 9.06. The molecule has 2 aromatic heterocycles. The Balaban J connectivity index is 2.21. The number of ether oxygens (including phenoxy) is 2. The fourth-order valence-electron chi connectivity index (χ4n) is 2.64. The summed E-state index contributed by atoms with van der Waals surface area (Å²) in [5.74, 6) is -0.717. The Hall–Kier alpha value is -3.33. The lowest BCUT2D eigenvalue weighted by atomic mass is 10.2. The van der Waals surface area contributed by atoms with Gasteiger partial charge in [0, 0.05) is 6.20 Å². The molecule has 2 heterocycles. The van der Waals surface area contributed by atoms with Gasteiger partial charge in [-0.05, 0) is 38.1 Å². The fourth-order valence-corrected chi connectivity index (χ4v) is 2.82. The van der Waals surface area contributed by atoms with Crippen LogP contribution in [0.15, 0.2) is 41.1 Å². The molecule has 0 spiro atoms. The van der Waals surface area contributed by atoms with Gasteiger partial charge in [-0.1, -0.05) is 11.6 Å². The number of benzene rings is 1. The molecule has 0 radical (unpaired) electrons. The van der Waals surface area contributed by atoms with Crippen LogP contribution in [-0.2, 0) is 9.47 Å². The lowest BCUT2D eigenvalue weighted by Gasteiger charge is -2.22. The quantitative estimate of drug-likeness (QED) is 0.586. The lowest BCUT2D eigenvalue weighted by Crippen LogP contribution is -2.28. The van der Waals surface area contributed by atoms with E-state index in [1.807, 2.05) is 0 Å². The number of nitrogens with zero attached hydrogens (tertiary/aromatic N) is 2. The van der Waals surface area contributed by atoms with Crippen molar-refractivity contribution in [2.75, 3.05) is 23.4 Å². The van der Waals surface area contributed by atoms with Crippen molar-refractivity contribution in [3.8, 4) is 0 Å². The van der Waals surface area contributed by atoms with E-state index < -0.39 is 18.0 Å². The minimum atomic E-state index is -0.776. The molecule has 0 unspecified atom stereocenters. The number of furan rings is 1. The molecule has 2 amide bonds. The number of nitrogens with one attached hydrogen (secondary N) is 1. The molecule has 0 aliphatic heterocycles. The van der Waals surface area contributed by atoms with Gasteiger partial charge in [0.05, 0.1) is 35.5 Å². The van der Waals surface area contributed by atoms with Crippen LogP contribution < -0.4 is 10.2 Å². The summed E-state index contributed by atoms with van der Waals surface area (Å²) in [6.07, 6.45) is 1.37. The van der Waals surface area contributed by atoms with Crippen molar-refractivity contribution in [2.45, 2.75) is 13.8 Å². The Morgan fingerprint density at radius 2 is 2.00 bits per heavy atom. The van der Waals surface area contributed by atoms with Gasteiger partial charge in [0.15, 0.2) is 5.58 Å². The van der Waals surface area contributed by atoms with E-state index in [1.165, 1.54) is 24.5 Å². The van der Waals surface area contributed by atoms with Crippen molar-refractivity contribution in [2.24, 2.45) is 0 Å². The highest BCUT2D eigenvalue weighted by atomic mass is 35.5. The van der Waals surface area contributed by atoms with Crippen LogP contribution in [0, 0.1) is 5.82 Å². The first-order chi connectivity index (χ1) is 14.0. The molecule has 1 N–H and O–H groups in total. The number of aromatic nitrogens is 1. The van der Waals surface area contributed by atoms with Gasteiger partial charge < -0.3 is 13.9 Å². The van der Waals surface area contributed by atoms with E-state index in [-0.39, 0.29) is 35.5 Å². The minimum Gasteiger partial charge on any atom is -0.450 e. The average Bonchev–Trinajstić information content (AvgIpc) is 3.03. The maximum atomic E-state index is 13.7. The number of anilines is 3. The summed E-state index contributed by atoms with van der Waals surface area (Å²) in [6, 6.07) is 5.34. The van der Waals surface area contributed by atoms with E-state index in [0.29, 0.717) is 11.0 Å². The van der Waals surface area contributed by atoms with E-state index in [9.17, 15) is 14.0 Å². The zero-order valence-corrected chi connectivity index (χ0v) is 16.3. The standard InChI is InChI=1S/C19H17ClFN3O5/c1-3-27-18(25)23-17-16(12-7-8-22-10-15(12)29-17)24(19(26)28-4-2)11-5-6-14(21)13(20)9-11/h5-10H,3-4H2,1-2H3,(H,23,25). The third kappa shape index (κ3) is 4.24. The molecule has 0 fully saturated rings. The van der Waals surface area contributed by atoms with Crippen LogP contribution >= 0.6 is 11.6 Å². The highest BCUT2D eigenvalue weighted by Crippen LogP contribution is 2.42. The molecule has 0 saturated carbocycles. The molecule has 3 aromatic rings. The van der Waals surface area contributed by atoms with Crippen LogP contribution in [0.4, 0.5) is 31.2 Å². The highest BCUT2D eigenvalue weighted by Gasteiger charge is 2.29. The zero-order valence-electron chi connectivity index (χ0n) is 15.6. The summed E-state index contributed by atoms with van der Waals surface area (Å²) >= 11 is 5.91. The lowest BCUT2D eigenvalue weighted by molar-refractivity contribution is 0.162. The SMILES string of the molecule is CCOC(=O)Nc1oc2cnccc2c1N(C(=O)OCC)c1ccc(F)c(Cl)c1. The number of carbonyl (C=O) groups excluding carboxylic acids is 2. The molecule has 0 aliphatic rings. The summed E-state index contributed by atoms with van der Waals surface area (Å²) in [6.45, 7) is 3.51. The number of pyridine rings is 1. The molecule has 10 heteroatoms. The molecule has 0 saturated heterocycles. The molecule has 8 nitrogen and oxygen atoms in total. The van der Waals surface area contributed by atoms with Crippen LogP contribution in [0.3, 0.4) is 0 Å². The monoisotopic (exact) mass is 421 g/mol. The Bertz CT molecular complexity index is 1060. The molecule has 0 atom stereocenters. The molecule has 29 heavy (non-hydrogen) atoms. The van der Waals surface area contributed by atoms with Crippen LogP contribution in [-0.4, -0.2) is 30.4 Å². The number of hydrogen-bond acceptors (Lipinski definition) is 6. The van der Waals surface area contributed by atoms with Crippen molar-refractivity contribution < 1.29 is 27.9 Å². The number of halogens is 2. The first kappa shape index (κ1) is 20.4. The van der Waals surface area contributed by atoms with Crippen LogP contribution in [0.2, 0.25) is 5.02 Å². The average molecular weight is 422 g/mol. The fraction of sp³-hybridized carbons (Fsp3) is 0.211. The summed E-state index contributed by atoms with van der Waals surface area (Å²) in [4.78, 5) is 29.9. The van der Waals surface area contributed by atoms with Gasteiger partial charge >= 0.3 is 12.2 Å². The number of hydrogen-bond donors (Lipinski definition) is 1. The molecular weight excluding hydrogens is 405 g/mol. The Morgan fingerprint density at radius 1 is 1.24 bits per heavy atom. The van der Waals surface area contributed by atoms with E-state index in [2.05, 4.69) is 10.3 Å². The van der Waals surface area contributed by atoms with Crippen molar-refractivity contribution in [3.63, 3.8) is 0 Å². The maximum absolute atomic E-state index is 13.7. The topological polar surface area (TPSA) is 93.9 Å². The number of fused-ring (bicyclic) bond motifs is 1. The van der Waals surface area contributed by atoms with Crippen molar-refractivity contribution in [1.82, 2.24) is 4.98 Å². The Labute approximate surface area is 170 Å². The molecule has 3 rings (SSSR count). The van der Waals surface area contributed by atoms with Gasteiger partial charge in [-0.3, -0.25) is 10.3 Å². The van der Waals surface area contributed by atoms with Crippen molar-refractivity contribution >= 4 is 52.0 Å². The van der Waals surface area contributed by atoms with E-state index in [1.54, 1.807) is 19.9 Å². The zero-order chi connectivity index (χ0) is 21.0. The first-order valence-electron chi connectivity index (χ1n) is 8.68. The molecule has 152 valence electrons. The molecule has 1 aromatic carbocycles. The summed E-state index contributed by atoms with van der Waals surface area (Å²) in [5.41, 5.74) is 0.676. The van der Waals surface area contributed by atoms with Gasteiger partial charge in [0.25, 0.3) is 0 Å². The van der Waals surface area contributed by atoms with Gasteiger partial charge in [-0.15, -0.1) is 0 Å². The van der Waals surface area contributed by atoms with E-state index in [0.717, 1.165) is 11.0 Å². The van der Waals surface area contributed by atoms with E-state index in [4.69, 9.17) is 25.5 Å². The van der Waals surface area contributed by atoms with Crippen LogP contribution in [0.25, 0.3) is 11.0 Å². The van der Waals surface area contributed by atoms with E-state index >= 15 is 0 Å². The number of rotatable bonds is 5. The van der Waals surface area contributed by atoms with Gasteiger partial charge in [0.2, 0.25) is 5.88 Å². The van der Waals surface area contributed by atoms with Gasteiger partial charge in [0.1, 0.15) is 11.5 Å². The molecule has 0 bridgehead atoms. The second kappa shape index (κ2) is 8.78. The van der Waals surface area contributed by atoms with Crippen molar-refractivity contribution in [1.29, 1.82) is 0 Å². The number of amides is 2. The smallest absolute Gasteiger partial charge is 0.419 e. The largest absolute Gasteiger partial charge is 0.450 e. The number of carbonyl (C=O) groups is 2. The van der Waals surface area contributed by atoms with Gasteiger partial charge in [-0.25, -0.2) is 18.9 Å². The predicted molar refractivity (Wildman–Crippen MR) is 105 cm³/mol. The third-order valence-electron chi connectivity index (χ3n) is 3.79. The predicted octanol–water partition coefficient (Wildman–Crippen LogP) is 5.48. The molecule has 0 aliphatic carbocycles. The normalized spacial score (nSPS) is 10.6. The van der Waals surface area contributed by atoms with Crippen LogP contribution in [0.1, 0.15) is 13.8 Å². The second-order valence-corrected chi connectivity index (χ2v) is 6.04. The minimum absolute atomic E-state index is 0.0695. The van der Waals surface area contributed by atoms with Crippen LogP contribution in [0.5, 0.6) is 0 Å². The molecular formula is C19H17ClFN3O5. The maximum Gasteiger partial charge on any atom is 0.419 e. The summed E-state index contributed by atoms with van der Waals surface area (Å²) < 4.78 is 29.4. The summed E-state index contributed by atoms with van der Waals surface area (Å²) in [7, 11) is 0. The van der Waals surface area contributed by atoms with Gasteiger partial charge in [-0.2, -0.15) is 0 Å². The Kier molecular flexibility index (Phi) is 6.18. The summed E-state index contributed by atoms with van der Waals surface area (Å²) in [5, 5.41) is 2.73. The second-order valence-electron chi connectivity index (χ2n) is 5.63. The Morgan fingerprint density at radius 3 is 2.69 bits per heavy atom.